The van der Waals surface area contributed by atoms with Crippen LogP contribution in [0.1, 0.15) is 11.4 Å². The molecule has 0 saturated carbocycles. The van der Waals surface area contributed by atoms with Gasteiger partial charge in [-0.2, -0.15) is 5.10 Å². The van der Waals surface area contributed by atoms with Gasteiger partial charge in [0.15, 0.2) is 5.82 Å². The topological polar surface area (TPSA) is 76.3 Å². The standard InChI is InChI=1S/C21H22ClFN6O2/c1-14-11-15(2)29(24-14)19-5-6-20(30)28(25-19)13-21(31)27-9-7-26(8-10-27)16-3-4-18(23)17(22)12-16/h3-6,11-12H,7-10,13H2,1-2H3. The highest BCUT2D eigenvalue weighted by Crippen LogP contribution is 2.23. The molecule has 0 radical (unpaired) electrons. The van der Waals surface area contributed by atoms with Gasteiger partial charge in [0.2, 0.25) is 5.91 Å². The second-order valence-corrected chi connectivity index (χ2v) is 7.90. The summed E-state index contributed by atoms with van der Waals surface area (Å²) in [5.74, 6) is -0.159. The van der Waals surface area contributed by atoms with Crippen LogP contribution in [0.5, 0.6) is 0 Å². The summed E-state index contributed by atoms with van der Waals surface area (Å²) in [5, 5.41) is 8.78. The summed E-state index contributed by atoms with van der Waals surface area (Å²) in [4.78, 5) is 28.8. The predicted molar refractivity (Wildman–Crippen MR) is 115 cm³/mol. The summed E-state index contributed by atoms with van der Waals surface area (Å²) in [6.07, 6.45) is 0. The largest absolute Gasteiger partial charge is 0.368 e. The Morgan fingerprint density at radius 1 is 1.06 bits per heavy atom. The summed E-state index contributed by atoms with van der Waals surface area (Å²) in [6.45, 7) is 5.77. The first-order valence-corrected chi connectivity index (χ1v) is 10.3. The molecule has 3 heterocycles. The number of nitrogens with zero attached hydrogens (tertiary/aromatic N) is 6. The molecule has 1 fully saturated rings. The first-order valence-electron chi connectivity index (χ1n) is 9.91. The van der Waals surface area contributed by atoms with Crippen LogP contribution in [-0.2, 0) is 11.3 Å². The highest BCUT2D eigenvalue weighted by atomic mass is 35.5. The van der Waals surface area contributed by atoms with Crippen LogP contribution in [0.25, 0.3) is 5.82 Å². The molecule has 31 heavy (non-hydrogen) atoms. The summed E-state index contributed by atoms with van der Waals surface area (Å²) in [6, 6.07) is 9.49. The van der Waals surface area contributed by atoms with Crippen molar-refractivity contribution in [1.29, 1.82) is 0 Å². The number of halogens is 2. The Morgan fingerprint density at radius 2 is 1.81 bits per heavy atom. The van der Waals surface area contributed by atoms with Crippen molar-refractivity contribution in [3.63, 3.8) is 0 Å². The van der Waals surface area contributed by atoms with E-state index in [1.807, 2.05) is 24.8 Å². The first kappa shape index (κ1) is 21.0. The maximum atomic E-state index is 13.4. The van der Waals surface area contributed by atoms with Gasteiger partial charge in [-0.05, 0) is 44.2 Å². The Bertz CT molecular complexity index is 1180. The van der Waals surface area contributed by atoms with E-state index in [2.05, 4.69) is 10.2 Å². The molecule has 0 atom stereocenters. The van der Waals surface area contributed by atoms with Crippen molar-refractivity contribution in [2.75, 3.05) is 31.1 Å². The maximum absolute atomic E-state index is 13.4. The normalized spacial score (nSPS) is 14.2. The number of hydrogen-bond donors (Lipinski definition) is 0. The lowest BCUT2D eigenvalue weighted by Gasteiger charge is -2.36. The van der Waals surface area contributed by atoms with E-state index in [1.54, 1.807) is 27.8 Å². The first-order chi connectivity index (χ1) is 14.8. The van der Waals surface area contributed by atoms with Crippen LogP contribution in [0.3, 0.4) is 0 Å². The summed E-state index contributed by atoms with van der Waals surface area (Å²) >= 11 is 5.87. The van der Waals surface area contributed by atoms with Gasteiger partial charge in [0.05, 0.1) is 10.7 Å². The fourth-order valence-corrected chi connectivity index (χ4v) is 3.82. The van der Waals surface area contributed by atoms with Crippen LogP contribution >= 0.6 is 11.6 Å². The minimum absolute atomic E-state index is 0.0731. The second-order valence-electron chi connectivity index (χ2n) is 7.49. The van der Waals surface area contributed by atoms with Gasteiger partial charge in [0.25, 0.3) is 5.56 Å². The molecule has 162 valence electrons. The molecule has 0 spiro atoms. The SMILES string of the molecule is Cc1cc(C)n(-c2ccc(=O)n(CC(=O)N3CCN(c4ccc(F)c(Cl)c4)CC3)n2)n1. The molecular weight excluding hydrogens is 423 g/mol. The molecule has 1 saturated heterocycles. The van der Waals surface area contributed by atoms with Crippen molar-refractivity contribution in [2.45, 2.75) is 20.4 Å². The number of anilines is 1. The Labute approximate surface area is 183 Å². The number of carbonyl (C=O) groups excluding carboxylic acids is 1. The monoisotopic (exact) mass is 444 g/mol. The smallest absolute Gasteiger partial charge is 0.267 e. The molecule has 1 aromatic carbocycles. The van der Waals surface area contributed by atoms with Crippen molar-refractivity contribution >= 4 is 23.2 Å². The lowest BCUT2D eigenvalue weighted by atomic mass is 10.2. The van der Waals surface area contributed by atoms with Crippen LogP contribution in [-0.4, -0.2) is 56.5 Å². The highest BCUT2D eigenvalue weighted by Gasteiger charge is 2.22. The van der Waals surface area contributed by atoms with Gasteiger partial charge in [0, 0.05) is 43.6 Å². The molecule has 2 aromatic heterocycles. The van der Waals surface area contributed by atoms with E-state index in [1.165, 1.54) is 16.8 Å². The Morgan fingerprint density at radius 3 is 2.45 bits per heavy atom. The maximum Gasteiger partial charge on any atom is 0.267 e. The van der Waals surface area contributed by atoms with Crippen LogP contribution in [0, 0.1) is 19.7 Å². The van der Waals surface area contributed by atoms with Gasteiger partial charge in [0.1, 0.15) is 12.4 Å². The van der Waals surface area contributed by atoms with Crippen LogP contribution in [0.2, 0.25) is 5.02 Å². The Hall–Kier alpha value is -3.20. The van der Waals surface area contributed by atoms with E-state index in [9.17, 15) is 14.0 Å². The Kier molecular flexibility index (Phi) is 5.77. The van der Waals surface area contributed by atoms with Gasteiger partial charge >= 0.3 is 0 Å². The fourth-order valence-electron chi connectivity index (χ4n) is 3.65. The van der Waals surface area contributed by atoms with Gasteiger partial charge < -0.3 is 9.80 Å². The zero-order valence-electron chi connectivity index (χ0n) is 17.3. The van der Waals surface area contributed by atoms with E-state index < -0.39 is 5.82 Å². The third-order valence-corrected chi connectivity index (χ3v) is 5.55. The molecule has 0 unspecified atom stereocenters. The number of rotatable bonds is 4. The van der Waals surface area contributed by atoms with Crippen molar-refractivity contribution in [2.24, 2.45) is 0 Å². The number of carbonyl (C=O) groups is 1. The molecule has 1 amide bonds. The van der Waals surface area contributed by atoms with Crippen molar-refractivity contribution in [3.05, 3.63) is 69.0 Å². The van der Waals surface area contributed by atoms with Gasteiger partial charge in [-0.25, -0.2) is 13.8 Å². The third-order valence-electron chi connectivity index (χ3n) is 5.26. The van der Waals surface area contributed by atoms with E-state index in [0.717, 1.165) is 17.1 Å². The van der Waals surface area contributed by atoms with Gasteiger partial charge in [-0.3, -0.25) is 9.59 Å². The lowest BCUT2D eigenvalue weighted by Crippen LogP contribution is -2.50. The number of aromatic nitrogens is 4. The molecule has 4 rings (SSSR count). The summed E-state index contributed by atoms with van der Waals surface area (Å²) in [5.41, 5.74) is 2.19. The van der Waals surface area contributed by atoms with E-state index in [4.69, 9.17) is 11.6 Å². The highest BCUT2D eigenvalue weighted by molar-refractivity contribution is 6.31. The molecule has 1 aliphatic rings. The van der Waals surface area contributed by atoms with Crippen LogP contribution in [0.15, 0.2) is 41.2 Å². The Balaban J connectivity index is 1.43. The fraction of sp³-hybridized carbons (Fsp3) is 0.333. The van der Waals surface area contributed by atoms with Crippen LogP contribution in [0.4, 0.5) is 10.1 Å². The number of amides is 1. The molecule has 1 aliphatic heterocycles. The number of hydrogen-bond acceptors (Lipinski definition) is 5. The van der Waals surface area contributed by atoms with E-state index in [-0.39, 0.29) is 23.0 Å². The van der Waals surface area contributed by atoms with Crippen molar-refractivity contribution < 1.29 is 9.18 Å². The van der Waals surface area contributed by atoms with Gasteiger partial charge in [-0.1, -0.05) is 11.6 Å². The minimum Gasteiger partial charge on any atom is -0.368 e. The number of piperazine rings is 1. The summed E-state index contributed by atoms with van der Waals surface area (Å²) in [7, 11) is 0. The van der Waals surface area contributed by atoms with Crippen LogP contribution < -0.4 is 10.5 Å². The van der Waals surface area contributed by atoms with E-state index in [0.29, 0.717) is 32.0 Å². The quantitative estimate of drug-likeness (QED) is 0.616. The average molecular weight is 445 g/mol. The number of benzene rings is 1. The zero-order chi connectivity index (χ0) is 22.1. The van der Waals surface area contributed by atoms with Crippen molar-refractivity contribution in [3.8, 4) is 5.82 Å². The van der Waals surface area contributed by atoms with E-state index >= 15 is 0 Å². The second kappa shape index (κ2) is 8.50. The molecule has 8 nitrogen and oxygen atoms in total. The molecule has 0 aliphatic carbocycles. The summed E-state index contributed by atoms with van der Waals surface area (Å²) < 4.78 is 16.2. The third kappa shape index (κ3) is 4.46. The molecule has 0 bridgehead atoms. The molecule has 10 heteroatoms. The zero-order valence-corrected chi connectivity index (χ0v) is 18.0. The predicted octanol–water partition coefficient (Wildman–Crippen LogP) is 2.19. The molecule has 0 N–H and O–H groups in total. The van der Waals surface area contributed by atoms with Crippen molar-refractivity contribution in [1.82, 2.24) is 24.5 Å². The number of aryl methyl sites for hydroxylation is 2. The molecule has 3 aromatic rings. The average Bonchev–Trinajstić information content (AvgIpc) is 3.09. The van der Waals surface area contributed by atoms with Gasteiger partial charge in [-0.15, -0.1) is 5.10 Å². The lowest BCUT2D eigenvalue weighted by molar-refractivity contribution is -0.132. The minimum atomic E-state index is -0.458. The molecular formula is C21H22ClFN6O2.